The number of carbonyl (C=O) groups is 1. The minimum atomic E-state index is -0.0151. The minimum absolute atomic E-state index is 0.0151. The Bertz CT molecular complexity index is 1170. The van der Waals surface area contributed by atoms with Crippen molar-refractivity contribution in [3.63, 3.8) is 0 Å². The first-order chi connectivity index (χ1) is 14.6. The van der Waals surface area contributed by atoms with Crippen molar-refractivity contribution in [2.75, 3.05) is 27.3 Å². The molecule has 4 rings (SSSR count). The van der Waals surface area contributed by atoms with Crippen LogP contribution >= 0.6 is 0 Å². The Labute approximate surface area is 176 Å². The summed E-state index contributed by atoms with van der Waals surface area (Å²) in [6, 6.07) is 14.5. The van der Waals surface area contributed by atoms with E-state index in [0.29, 0.717) is 25.3 Å². The molecule has 6 heteroatoms. The molecule has 0 saturated heterocycles. The summed E-state index contributed by atoms with van der Waals surface area (Å²) < 4.78 is 9.20. The number of amides is 1. The Morgan fingerprint density at radius 3 is 2.67 bits per heavy atom. The third-order valence-corrected chi connectivity index (χ3v) is 5.43. The summed E-state index contributed by atoms with van der Waals surface area (Å²) in [6.45, 7) is 1.68. The van der Waals surface area contributed by atoms with E-state index >= 15 is 0 Å². The predicted molar refractivity (Wildman–Crippen MR) is 119 cm³/mol. The third-order valence-electron chi connectivity index (χ3n) is 5.43. The maximum atomic E-state index is 13.3. The second-order valence-electron chi connectivity index (χ2n) is 7.50. The van der Waals surface area contributed by atoms with Crippen LogP contribution in [0.25, 0.3) is 21.9 Å². The zero-order valence-corrected chi connectivity index (χ0v) is 17.6. The van der Waals surface area contributed by atoms with Crippen molar-refractivity contribution in [1.82, 2.24) is 19.0 Å². The molecule has 0 N–H and O–H groups in total. The summed E-state index contributed by atoms with van der Waals surface area (Å²) in [4.78, 5) is 19.2. The predicted octanol–water partition coefficient (Wildman–Crippen LogP) is 3.81. The van der Waals surface area contributed by atoms with Gasteiger partial charge in [0.05, 0.1) is 30.7 Å². The molecule has 154 valence electrons. The summed E-state index contributed by atoms with van der Waals surface area (Å²) in [7, 11) is 5.43. The number of imidazole rings is 1. The normalized spacial score (nSPS) is 11.2. The lowest BCUT2D eigenvalue weighted by atomic mass is 9.97. The molecule has 2 aromatic carbocycles. The number of hydrogen-bond acceptors (Lipinski definition) is 3. The lowest BCUT2D eigenvalue weighted by Crippen LogP contribution is -2.30. The minimum Gasteiger partial charge on any atom is -0.383 e. The number of benzene rings is 2. The van der Waals surface area contributed by atoms with Gasteiger partial charge in [-0.3, -0.25) is 4.79 Å². The molecule has 1 amide bonds. The van der Waals surface area contributed by atoms with Gasteiger partial charge in [0.1, 0.15) is 0 Å². The average molecular weight is 402 g/mol. The quantitative estimate of drug-likeness (QED) is 0.472. The van der Waals surface area contributed by atoms with Crippen LogP contribution in [0.5, 0.6) is 0 Å². The Kier molecular flexibility index (Phi) is 5.68. The van der Waals surface area contributed by atoms with E-state index in [2.05, 4.69) is 40.0 Å². The van der Waals surface area contributed by atoms with Crippen LogP contribution in [0.2, 0.25) is 0 Å². The average Bonchev–Trinajstić information content (AvgIpc) is 3.37. The number of rotatable bonds is 7. The number of hydrogen-bond donors (Lipinski definition) is 0. The van der Waals surface area contributed by atoms with E-state index in [1.54, 1.807) is 18.3 Å². The summed E-state index contributed by atoms with van der Waals surface area (Å²) in [5, 5.41) is 2.28. The molecule has 0 aliphatic carbocycles. The van der Waals surface area contributed by atoms with E-state index in [1.807, 2.05) is 49.3 Å². The van der Waals surface area contributed by atoms with Crippen molar-refractivity contribution in [2.45, 2.75) is 6.54 Å². The van der Waals surface area contributed by atoms with Gasteiger partial charge in [-0.2, -0.15) is 0 Å². The first-order valence-electron chi connectivity index (χ1n) is 9.96. The van der Waals surface area contributed by atoms with Gasteiger partial charge in [0, 0.05) is 51.9 Å². The lowest BCUT2D eigenvalue weighted by molar-refractivity contribution is 0.0745. The first-order valence-corrected chi connectivity index (χ1v) is 9.96. The van der Waals surface area contributed by atoms with Crippen LogP contribution in [0.4, 0.5) is 0 Å². The number of nitrogens with zero attached hydrogens (tertiary/aromatic N) is 4. The van der Waals surface area contributed by atoms with Crippen LogP contribution < -0.4 is 0 Å². The molecular weight excluding hydrogens is 376 g/mol. The molecule has 0 aliphatic rings. The maximum Gasteiger partial charge on any atom is 0.255 e. The fourth-order valence-corrected chi connectivity index (χ4v) is 3.70. The Morgan fingerprint density at radius 2 is 1.90 bits per heavy atom. The van der Waals surface area contributed by atoms with Gasteiger partial charge in [-0.05, 0) is 16.3 Å². The van der Waals surface area contributed by atoms with Gasteiger partial charge in [-0.15, -0.1) is 0 Å². The lowest BCUT2D eigenvalue weighted by Gasteiger charge is -2.17. The van der Waals surface area contributed by atoms with Crippen LogP contribution in [0.1, 0.15) is 16.1 Å². The fraction of sp³-hybridized carbons (Fsp3) is 0.250. The molecule has 30 heavy (non-hydrogen) atoms. The summed E-state index contributed by atoms with van der Waals surface area (Å²) in [5.74, 6) is -0.0151. The van der Waals surface area contributed by atoms with Crippen LogP contribution in [0.15, 0.2) is 67.4 Å². The van der Waals surface area contributed by atoms with E-state index in [0.717, 1.165) is 27.6 Å². The van der Waals surface area contributed by atoms with E-state index in [-0.39, 0.29) is 5.91 Å². The zero-order chi connectivity index (χ0) is 21.1. The molecule has 2 aromatic heterocycles. The first kappa shape index (κ1) is 19.9. The zero-order valence-electron chi connectivity index (χ0n) is 17.6. The molecule has 0 aliphatic heterocycles. The molecular formula is C24H26N4O2. The molecule has 2 heterocycles. The molecule has 0 atom stereocenters. The van der Waals surface area contributed by atoms with Gasteiger partial charge < -0.3 is 18.8 Å². The maximum absolute atomic E-state index is 13.3. The molecule has 0 radical (unpaired) electrons. The van der Waals surface area contributed by atoms with E-state index in [1.165, 1.54) is 0 Å². The number of carbonyl (C=O) groups excluding carboxylic acids is 1. The van der Waals surface area contributed by atoms with Crippen molar-refractivity contribution in [3.8, 4) is 11.1 Å². The van der Waals surface area contributed by atoms with Gasteiger partial charge >= 0.3 is 0 Å². The van der Waals surface area contributed by atoms with Crippen LogP contribution in [-0.2, 0) is 18.3 Å². The van der Waals surface area contributed by atoms with Crippen molar-refractivity contribution < 1.29 is 9.53 Å². The summed E-state index contributed by atoms with van der Waals surface area (Å²) >= 11 is 0. The monoisotopic (exact) mass is 402 g/mol. The van der Waals surface area contributed by atoms with Gasteiger partial charge in [0.15, 0.2) is 0 Å². The Morgan fingerprint density at radius 1 is 1.10 bits per heavy atom. The van der Waals surface area contributed by atoms with Crippen LogP contribution in [-0.4, -0.2) is 52.2 Å². The highest BCUT2D eigenvalue weighted by atomic mass is 16.5. The van der Waals surface area contributed by atoms with Crippen molar-refractivity contribution in [2.24, 2.45) is 7.05 Å². The SMILES string of the molecule is COCCN(C)C(=O)c1cn(Cc2cncn2C)cc1-c1cccc2ccccc12. The topological polar surface area (TPSA) is 52.3 Å². The smallest absolute Gasteiger partial charge is 0.255 e. The number of fused-ring (bicyclic) bond motifs is 1. The number of likely N-dealkylation sites (N-methyl/N-ethyl adjacent to an activating group) is 1. The van der Waals surface area contributed by atoms with Crippen molar-refractivity contribution in [1.29, 1.82) is 0 Å². The molecule has 4 aromatic rings. The Hall–Kier alpha value is -3.38. The van der Waals surface area contributed by atoms with E-state index < -0.39 is 0 Å². The van der Waals surface area contributed by atoms with Crippen LogP contribution in [0, 0.1) is 0 Å². The van der Waals surface area contributed by atoms with Crippen LogP contribution in [0.3, 0.4) is 0 Å². The summed E-state index contributed by atoms with van der Waals surface area (Å²) in [5.41, 5.74) is 3.75. The highest BCUT2D eigenvalue weighted by Gasteiger charge is 2.21. The number of aryl methyl sites for hydroxylation is 1. The Balaban J connectivity index is 1.81. The highest BCUT2D eigenvalue weighted by molar-refractivity contribution is 6.05. The van der Waals surface area contributed by atoms with Gasteiger partial charge in [0.2, 0.25) is 0 Å². The van der Waals surface area contributed by atoms with Gasteiger partial charge in [-0.25, -0.2) is 4.98 Å². The molecule has 6 nitrogen and oxygen atoms in total. The second-order valence-corrected chi connectivity index (χ2v) is 7.50. The second kappa shape index (κ2) is 8.55. The number of methoxy groups -OCH3 is 1. The van der Waals surface area contributed by atoms with Crippen molar-refractivity contribution >= 4 is 16.7 Å². The van der Waals surface area contributed by atoms with Crippen molar-refractivity contribution in [3.05, 3.63) is 78.6 Å². The molecule has 0 fully saturated rings. The fourth-order valence-electron chi connectivity index (χ4n) is 3.70. The van der Waals surface area contributed by atoms with Gasteiger partial charge in [0.25, 0.3) is 5.91 Å². The number of aromatic nitrogens is 3. The molecule has 0 unspecified atom stereocenters. The van der Waals surface area contributed by atoms with E-state index in [9.17, 15) is 4.79 Å². The number of ether oxygens (including phenoxy) is 1. The highest BCUT2D eigenvalue weighted by Crippen LogP contribution is 2.32. The van der Waals surface area contributed by atoms with Gasteiger partial charge in [-0.1, -0.05) is 42.5 Å². The largest absolute Gasteiger partial charge is 0.383 e. The molecule has 0 bridgehead atoms. The standard InChI is InChI=1S/C24H26N4O2/c1-26(11-12-30-3)24(29)23-16-28(14-19-13-25-17-27(19)2)15-22(23)21-10-6-8-18-7-4-5-9-20(18)21/h4-10,13,15-17H,11-12,14H2,1-3H3. The summed E-state index contributed by atoms with van der Waals surface area (Å²) in [6.07, 6.45) is 7.64. The molecule has 0 spiro atoms. The third kappa shape index (κ3) is 3.86. The molecule has 0 saturated carbocycles. The van der Waals surface area contributed by atoms with E-state index in [4.69, 9.17) is 4.74 Å².